The predicted molar refractivity (Wildman–Crippen MR) is 119 cm³/mol. The Morgan fingerprint density at radius 3 is 2.51 bits per heavy atom. The number of nitrogens with zero attached hydrogens (tertiary/aromatic N) is 5. The number of nitrogens with two attached hydrogens (primary N) is 1. The fourth-order valence-corrected chi connectivity index (χ4v) is 3.47. The highest BCUT2D eigenvalue weighted by Crippen LogP contribution is 2.36. The van der Waals surface area contributed by atoms with Crippen LogP contribution in [0.4, 0.5) is 28.9 Å². The Kier molecular flexibility index (Phi) is 6.10. The summed E-state index contributed by atoms with van der Waals surface area (Å²) in [4.78, 5) is 21.0. The van der Waals surface area contributed by atoms with Crippen molar-refractivity contribution in [2.75, 3.05) is 11.1 Å². The highest BCUT2D eigenvalue weighted by molar-refractivity contribution is 6.34. The van der Waals surface area contributed by atoms with Crippen LogP contribution in [0, 0.1) is 18.2 Å². The SMILES string of the molecule is C#Cc1cncc(N)c1-c1cc(Cl)c(C(=O)Nc2cnc(-n3nccn3)c(C(F)(F)F)c2)cc1F. The summed E-state index contributed by atoms with van der Waals surface area (Å²) in [6.07, 6.45) is 6.53. The lowest BCUT2D eigenvalue weighted by Crippen LogP contribution is -2.17. The predicted octanol–water partition coefficient (Wildman–Crippen LogP) is 4.35. The van der Waals surface area contributed by atoms with Crippen molar-refractivity contribution in [1.29, 1.82) is 0 Å². The maximum absolute atomic E-state index is 15.0. The van der Waals surface area contributed by atoms with E-state index in [1.54, 1.807) is 0 Å². The van der Waals surface area contributed by atoms with E-state index in [1.165, 1.54) is 24.8 Å². The highest BCUT2D eigenvalue weighted by atomic mass is 35.5. The van der Waals surface area contributed by atoms with E-state index in [-0.39, 0.29) is 38.7 Å². The van der Waals surface area contributed by atoms with Crippen LogP contribution in [-0.2, 0) is 6.18 Å². The minimum atomic E-state index is -4.83. The first-order chi connectivity index (χ1) is 16.6. The molecule has 35 heavy (non-hydrogen) atoms. The number of nitrogen functional groups attached to an aromatic ring is 1. The Morgan fingerprint density at radius 2 is 1.86 bits per heavy atom. The minimum Gasteiger partial charge on any atom is -0.397 e. The molecule has 0 aliphatic rings. The van der Waals surface area contributed by atoms with E-state index in [4.69, 9.17) is 23.8 Å². The number of anilines is 2. The Bertz CT molecular complexity index is 1480. The molecule has 0 atom stereocenters. The average molecular weight is 502 g/mol. The number of alkyl halides is 3. The summed E-state index contributed by atoms with van der Waals surface area (Å²) in [6, 6.07) is 2.62. The van der Waals surface area contributed by atoms with Crippen LogP contribution in [0.1, 0.15) is 21.5 Å². The summed E-state index contributed by atoms with van der Waals surface area (Å²) < 4.78 is 55.7. The van der Waals surface area contributed by atoms with Crippen LogP contribution in [0.2, 0.25) is 5.02 Å². The fraction of sp³-hybridized carbons (Fsp3) is 0.0455. The molecule has 8 nitrogen and oxygen atoms in total. The zero-order valence-corrected chi connectivity index (χ0v) is 18.1. The van der Waals surface area contributed by atoms with Crippen molar-refractivity contribution in [3.63, 3.8) is 0 Å². The number of benzene rings is 1. The third kappa shape index (κ3) is 4.62. The third-order valence-electron chi connectivity index (χ3n) is 4.74. The number of amides is 1. The molecule has 4 rings (SSSR count). The topological polar surface area (TPSA) is 112 Å². The van der Waals surface area contributed by atoms with Gasteiger partial charge in [0.15, 0.2) is 5.82 Å². The lowest BCUT2D eigenvalue weighted by atomic mass is 9.98. The minimum absolute atomic E-state index is 0.0727. The van der Waals surface area contributed by atoms with Gasteiger partial charge in [0.1, 0.15) is 11.4 Å². The Labute approximate surface area is 199 Å². The van der Waals surface area contributed by atoms with E-state index >= 15 is 0 Å². The zero-order valence-electron chi connectivity index (χ0n) is 17.3. The summed E-state index contributed by atoms with van der Waals surface area (Å²) in [5, 5.41) is 9.33. The van der Waals surface area contributed by atoms with Crippen LogP contribution in [-0.4, -0.2) is 30.9 Å². The second kappa shape index (κ2) is 9.03. The number of carbonyl (C=O) groups excluding carboxylic acids is 1. The van der Waals surface area contributed by atoms with Gasteiger partial charge in [0.05, 0.1) is 52.3 Å². The number of hydrogen-bond donors (Lipinski definition) is 2. The molecule has 1 amide bonds. The van der Waals surface area contributed by atoms with Gasteiger partial charge in [-0.1, -0.05) is 17.5 Å². The fourth-order valence-electron chi connectivity index (χ4n) is 3.22. The lowest BCUT2D eigenvalue weighted by Gasteiger charge is -2.14. The standard InChI is InChI=1S/C22H12ClF4N7O/c1-2-11-8-29-10-18(28)19(11)14-6-16(23)13(7-17(14)24)21(35)33-12-5-15(22(25,26)27)20(30-9-12)34-31-3-4-32-34/h1,3-10H,28H2,(H,33,35). The number of aromatic nitrogens is 5. The Morgan fingerprint density at radius 1 is 1.14 bits per heavy atom. The molecular formula is C22H12ClF4N7O. The highest BCUT2D eigenvalue weighted by Gasteiger charge is 2.36. The molecule has 0 radical (unpaired) electrons. The average Bonchev–Trinajstić information content (AvgIpc) is 3.34. The third-order valence-corrected chi connectivity index (χ3v) is 5.05. The van der Waals surface area contributed by atoms with E-state index in [0.717, 1.165) is 18.3 Å². The van der Waals surface area contributed by atoms with Crippen molar-refractivity contribution >= 4 is 28.9 Å². The van der Waals surface area contributed by atoms with Gasteiger partial charge in [-0.25, -0.2) is 9.37 Å². The van der Waals surface area contributed by atoms with Crippen LogP contribution in [0.25, 0.3) is 16.9 Å². The van der Waals surface area contributed by atoms with Crippen LogP contribution in [0.3, 0.4) is 0 Å². The number of nitrogens with one attached hydrogen (secondary N) is 1. The first-order valence-electron chi connectivity index (χ1n) is 9.55. The summed E-state index contributed by atoms with van der Waals surface area (Å²) in [5.41, 5.74) is 4.42. The first-order valence-corrected chi connectivity index (χ1v) is 9.92. The van der Waals surface area contributed by atoms with Crippen molar-refractivity contribution in [2.24, 2.45) is 0 Å². The molecule has 13 heteroatoms. The molecular weight excluding hydrogens is 490 g/mol. The zero-order chi connectivity index (χ0) is 25.3. The number of rotatable bonds is 4. The summed E-state index contributed by atoms with van der Waals surface area (Å²) in [7, 11) is 0. The molecule has 3 heterocycles. The van der Waals surface area contributed by atoms with E-state index in [9.17, 15) is 22.4 Å². The van der Waals surface area contributed by atoms with Crippen LogP contribution in [0.15, 0.2) is 49.2 Å². The van der Waals surface area contributed by atoms with Crippen LogP contribution >= 0.6 is 11.6 Å². The molecule has 0 saturated carbocycles. The van der Waals surface area contributed by atoms with Gasteiger partial charge in [0, 0.05) is 17.3 Å². The van der Waals surface area contributed by atoms with Crippen molar-refractivity contribution in [1.82, 2.24) is 25.0 Å². The quantitative estimate of drug-likeness (QED) is 0.318. The molecule has 4 aromatic rings. The van der Waals surface area contributed by atoms with E-state index < -0.39 is 29.3 Å². The van der Waals surface area contributed by atoms with Gasteiger partial charge in [-0.05, 0) is 18.2 Å². The van der Waals surface area contributed by atoms with E-state index in [0.29, 0.717) is 10.9 Å². The molecule has 176 valence electrons. The monoisotopic (exact) mass is 501 g/mol. The molecule has 0 saturated heterocycles. The molecule has 0 fully saturated rings. The molecule has 3 aromatic heterocycles. The van der Waals surface area contributed by atoms with Gasteiger partial charge in [0.25, 0.3) is 5.91 Å². The number of terminal acetylenes is 1. The second-order valence-corrected chi connectivity index (χ2v) is 7.38. The van der Waals surface area contributed by atoms with Gasteiger partial charge in [0.2, 0.25) is 0 Å². The molecule has 3 N–H and O–H groups in total. The van der Waals surface area contributed by atoms with Crippen molar-refractivity contribution < 1.29 is 22.4 Å². The van der Waals surface area contributed by atoms with Crippen LogP contribution < -0.4 is 11.1 Å². The molecule has 0 spiro atoms. The number of halogens is 5. The van der Waals surface area contributed by atoms with E-state index in [2.05, 4.69) is 31.4 Å². The largest absolute Gasteiger partial charge is 0.420 e. The first kappa shape index (κ1) is 23.7. The van der Waals surface area contributed by atoms with Gasteiger partial charge < -0.3 is 11.1 Å². The maximum Gasteiger partial charge on any atom is 0.420 e. The lowest BCUT2D eigenvalue weighted by molar-refractivity contribution is -0.137. The van der Waals surface area contributed by atoms with Gasteiger partial charge in [-0.3, -0.25) is 9.78 Å². The number of carbonyl (C=O) groups is 1. The Balaban J connectivity index is 1.69. The van der Waals surface area contributed by atoms with E-state index in [1.807, 2.05) is 0 Å². The number of hydrogen-bond acceptors (Lipinski definition) is 6. The molecule has 0 bridgehead atoms. The number of pyridine rings is 2. The summed E-state index contributed by atoms with van der Waals surface area (Å²) in [6.45, 7) is 0. The van der Waals surface area contributed by atoms with Crippen molar-refractivity contribution in [3.05, 3.63) is 76.7 Å². The van der Waals surface area contributed by atoms with Gasteiger partial charge >= 0.3 is 6.18 Å². The van der Waals surface area contributed by atoms with Gasteiger partial charge in [-0.15, -0.1) is 11.2 Å². The maximum atomic E-state index is 15.0. The van der Waals surface area contributed by atoms with Gasteiger partial charge in [-0.2, -0.15) is 23.4 Å². The molecule has 1 aromatic carbocycles. The smallest absolute Gasteiger partial charge is 0.397 e. The summed E-state index contributed by atoms with van der Waals surface area (Å²) >= 11 is 6.21. The second-order valence-electron chi connectivity index (χ2n) is 6.97. The molecule has 0 aliphatic carbocycles. The molecule has 0 unspecified atom stereocenters. The van der Waals surface area contributed by atoms with Crippen molar-refractivity contribution in [2.45, 2.75) is 6.18 Å². The normalized spacial score (nSPS) is 11.2. The van der Waals surface area contributed by atoms with Crippen molar-refractivity contribution in [3.8, 4) is 29.3 Å². The molecule has 0 aliphatic heterocycles. The summed E-state index contributed by atoms with van der Waals surface area (Å²) in [5.74, 6) is -0.105. The Hall–Kier alpha value is -4.50. The van der Waals surface area contributed by atoms with Crippen LogP contribution in [0.5, 0.6) is 0 Å².